The lowest BCUT2D eigenvalue weighted by molar-refractivity contribution is 0.208. The number of allylic oxidation sites excluding steroid dienone is 5. The van der Waals surface area contributed by atoms with E-state index in [0.29, 0.717) is 13.2 Å². The van der Waals surface area contributed by atoms with Gasteiger partial charge in [0.25, 0.3) is 0 Å². The smallest absolute Gasteiger partial charge is 0.185 e. The van der Waals surface area contributed by atoms with Gasteiger partial charge >= 0.3 is 0 Å². The Morgan fingerprint density at radius 3 is 2.18 bits per heavy atom. The molecule has 17 heavy (non-hydrogen) atoms. The maximum atomic E-state index is 5.01. The molecule has 0 aliphatic heterocycles. The van der Waals surface area contributed by atoms with E-state index in [-0.39, 0.29) is 5.96 Å². The third-order valence-electron chi connectivity index (χ3n) is 1.14. The second-order valence-corrected chi connectivity index (χ2v) is 2.45. The lowest BCUT2D eigenvalue weighted by Crippen LogP contribution is -2.23. The molecule has 0 aromatic heterocycles. The molecule has 0 unspecified atom stereocenters. The largest absolute Gasteiger partial charge is 0.383 e. The van der Waals surface area contributed by atoms with Gasteiger partial charge in [-0.25, -0.2) is 0 Å². The number of rotatable bonds is 5. The molecule has 6 N–H and O–H groups in total. The van der Waals surface area contributed by atoms with Crippen LogP contribution in [-0.4, -0.2) is 33.3 Å². The molecule has 0 saturated heterocycles. The van der Waals surface area contributed by atoms with Crippen LogP contribution >= 0.6 is 0 Å². The van der Waals surface area contributed by atoms with Gasteiger partial charge in [0.2, 0.25) is 0 Å². The molecule has 0 aliphatic rings. The maximum absolute atomic E-state index is 5.01. The summed E-state index contributed by atoms with van der Waals surface area (Å²) in [6.45, 7) is 6.60. The Morgan fingerprint density at radius 1 is 1.24 bits per heavy atom. The number of methoxy groups -OCH3 is 1. The maximum Gasteiger partial charge on any atom is 0.185 e. The summed E-state index contributed by atoms with van der Waals surface area (Å²) in [7, 11) is 3.10. The summed E-state index contributed by atoms with van der Waals surface area (Å²) in [5.41, 5.74) is 14.5. The van der Waals surface area contributed by atoms with Crippen molar-refractivity contribution < 1.29 is 4.74 Å². The lowest BCUT2D eigenvalue weighted by Gasteiger charge is -1.91. The molecular weight excluding hydrogens is 216 g/mol. The number of guanidine groups is 1. The third-order valence-corrected chi connectivity index (χ3v) is 1.14. The molecule has 0 aromatic rings. The molecule has 0 bridgehead atoms. The lowest BCUT2D eigenvalue weighted by atomic mass is 10.4. The molecule has 0 spiro atoms. The number of nitrogens with zero attached hydrogens (tertiary/aromatic N) is 1. The molecule has 0 rings (SSSR count). The highest BCUT2D eigenvalue weighted by Gasteiger charge is 1.78. The number of hydrogen-bond donors (Lipinski definition) is 3. The summed E-state index contributed by atoms with van der Waals surface area (Å²) in [5.74, 6) is 0.113. The molecule has 5 nitrogen and oxygen atoms in total. The number of ether oxygens (including phenoxy) is 1. The van der Waals surface area contributed by atoms with Crippen molar-refractivity contribution in [1.82, 2.24) is 0 Å². The molecule has 0 saturated carbocycles. The van der Waals surface area contributed by atoms with Crippen molar-refractivity contribution in [2.75, 3.05) is 27.3 Å². The fraction of sp³-hybridized carbons (Fsp3) is 0.417. The minimum Gasteiger partial charge on any atom is -0.383 e. The van der Waals surface area contributed by atoms with Crippen molar-refractivity contribution in [3.8, 4) is 0 Å². The molecule has 0 aromatic carbocycles. The Balaban J connectivity index is -0.000000202. The summed E-state index contributed by atoms with van der Waals surface area (Å²) in [6, 6.07) is 0. The van der Waals surface area contributed by atoms with Crippen molar-refractivity contribution >= 4 is 5.96 Å². The van der Waals surface area contributed by atoms with Crippen LogP contribution < -0.4 is 17.2 Å². The van der Waals surface area contributed by atoms with E-state index < -0.39 is 0 Å². The Labute approximate surface area is 105 Å². The van der Waals surface area contributed by atoms with Gasteiger partial charge < -0.3 is 21.9 Å². The van der Waals surface area contributed by atoms with Gasteiger partial charge in [-0.15, -0.1) is 0 Å². The first-order valence-corrected chi connectivity index (χ1v) is 5.21. The van der Waals surface area contributed by atoms with Gasteiger partial charge in [0.1, 0.15) is 0 Å². The summed E-state index contributed by atoms with van der Waals surface area (Å²) in [4.78, 5) is 3.66. The van der Waals surface area contributed by atoms with Crippen LogP contribution in [0.3, 0.4) is 0 Å². The quantitative estimate of drug-likeness (QED) is 0.287. The van der Waals surface area contributed by atoms with Crippen LogP contribution in [0, 0.1) is 0 Å². The second kappa shape index (κ2) is 23.9. The first-order chi connectivity index (χ1) is 8.18. The van der Waals surface area contributed by atoms with Crippen LogP contribution in [0.4, 0.5) is 0 Å². The van der Waals surface area contributed by atoms with Crippen molar-refractivity contribution in [1.29, 1.82) is 0 Å². The highest BCUT2D eigenvalue weighted by Crippen LogP contribution is 1.74. The van der Waals surface area contributed by atoms with E-state index in [2.05, 4.69) is 22.0 Å². The van der Waals surface area contributed by atoms with Gasteiger partial charge in [-0.1, -0.05) is 37.0 Å². The third kappa shape index (κ3) is 40.4. The fourth-order valence-corrected chi connectivity index (χ4v) is 0.520. The topological polar surface area (TPSA) is 99.6 Å². The van der Waals surface area contributed by atoms with Gasteiger partial charge in [0, 0.05) is 7.11 Å². The monoisotopic (exact) mass is 242 g/mol. The number of hydrogen-bond acceptors (Lipinski definition) is 3. The first kappa shape index (κ1) is 20.8. The molecule has 100 valence electrons. The molecule has 0 heterocycles. The zero-order valence-electron chi connectivity index (χ0n) is 11.1. The van der Waals surface area contributed by atoms with Gasteiger partial charge in [-0.2, -0.15) is 0 Å². The van der Waals surface area contributed by atoms with E-state index in [1.807, 2.05) is 31.2 Å². The van der Waals surface area contributed by atoms with E-state index in [9.17, 15) is 0 Å². The van der Waals surface area contributed by atoms with Crippen LogP contribution in [0.5, 0.6) is 0 Å². The highest BCUT2D eigenvalue weighted by atomic mass is 16.5. The van der Waals surface area contributed by atoms with Crippen LogP contribution in [0.2, 0.25) is 0 Å². The average Bonchev–Trinajstić information content (AvgIpc) is 2.33. The zero-order valence-corrected chi connectivity index (χ0v) is 11.1. The molecule has 0 amide bonds. The Kier molecular flexibility index (Phi) is 29.2. The van der Waals surface area contributed by atoms with Crippen molar-refractivity contribution in [3.63, 3.8) is 0 Å². The van der Waals surface area contributed by atoms with Crippen LogP contribution in [0.1, 0.15) is 6.92 Å². The first-order valence-electron chi connectivity index (χ1n) is 5.21. The van der Waals surface area contributed by atoms with Crippen LogP contribution in [-0.2, 0) is 4.74 Å². The minimum atomic E-state index is 0.113. The molecule has 5 heteroatoms. The van der Waals surface area contributed by atoms with Crippen molar-refractivity contribution in [2.24, 2.45) is 22.2 Å². The highest BCUT2D eigenvalue weighted by molar-refractivity contribution is 5.75. The van der Waals surface area contributed by atoms with E-state index in [4.69, 9.17) is 11.5 Å². The van der Waals surface area contributed by atoms with Gasteiger partial charge in [-0.3, -0.25) is 4.99 Å². The van der Waals surface area contributed by atoms with E-state index in [1.54, 1.807) is 13.2 Å². The Bertz CT molecular complexity index is 219. The Morgan fingerprint density at radius 2 is 1.82 bits per heavy atom. The molecule has 0 radical (unpaired) electrons. The van der Waals surface area contributed by atoms with Gasteiger partial charge in [0.05, 0.1) is 13.2 Å². The van der Waals surface area contributed by atoms with Gasteiger partial charge in [0.15, 0.2) is 5.96 Å². The zero-order chi connectivity index (χ0) is 13.9. The number of nitrogens with two attached hydrogens (primary N) is 3. The molecule has 0 fully saturated rings. The van der Waals surface area contributed by atoms with E-state index in [0.717, 1.165) is 0 Å². The van der Waals surface area contributed by atoms with E-state index in [1.165, 1.54) is 7.05 Å². The fourth-order valence-electron chi connectivity index (χ4n) is 0.520. The molecule has 0 atom stereocenters. The van der Waals surface area contributed by atoms with Crippen molar-refractivity contribution in [2.45, 2.75) is 6.92 Å². The Hall–Kier alpha value is -1.59. The van der Waals surface area contributed by atoms with Gasteiger partial charge in [-0.05, 0) is 14.0 Å². The minimum absolute atomic E-state index is 0.113. The summed E-state index contributed by atoms with van der Waals surface area (Å²) in [5, 5.41) is 0. The average molecular weight is 242 g/mol. The van der Waals surface area contributed by atoms with Crippen LogP contribution in [0.15, 0.2) is 42.0 Å². The second-order valence-electron chi connectivity index (χ2n) is 2.45. The normalized spacial score (nSPS) is 8.94. The molecule has 0 aliphatic carbocycles. The summed E-state index contributed by atoms with van der Waals surface area (Å²) in [6.07, 6.45) is 9.51. The van der Waals surface area contributed by atoms with E-state index >= 15 is 0 Å². The summed E-state index contributed by atoms with van der Waals surface area (Å²) >= 11 is 0. The molecular formula is C12H26N4O. The number of aliphatic imine (C=N–C) groups is 1. The SMILES string of the molecule is C=C/C=C\C=C/C.CN.COCCN=C(N)N. The predicted octanol–water partition coefficient (Wildman–Crippen LogP) is 0.786. The standard InChI is InChI=1S/C7H10.C4H11N3O.CH5N/c1-3-5-7-6-4-2;1-8-3-2-7-4(5)6;1-2/h3-7H,1H2,2H3;2-3H2,1H3,(H4,5,6,7);2H2,1H3/b6-4-,7-5-;;. The summed E-state index contributed by atoms with van der Waals surface area (Å²) < 4.78 is 4.67. The predicted molar refractivity (Wildman–Crippen MR) is 76.8 cm³/mol. The van der Waals surface area contributed by atoms with Crippen molar-refractivity contribution in [3.05, 3.63) is 37.0 Å². The van der Waals surface area contributed by atoms with Crippen LogP contribution in [0.25, 0.3) is 0 Å².